The molecule has 16 heavy (non-hydrogen) atoms. The molecule has 1 aliphatic heterocycles. The van der Waals surface area contributed by atoms with Crippen molar-refractivity contribution in [3.05, 3.63) is 24.3 Å². The molecule has 1 saturated heterocycles. The Balaban J connectivity index is 1.98. The Labute approximate surface area is 97.4 Å². The molecule has 1 fully saturated rings. The van der Waals surface area contributed by atoms with E-state index in [0.717, 1.165) is 11.4 Å². The van der Waals surface area contributed by atoms with Crippen molar-refractivity contribution in [1.82, 2.24) is 4.90 Å². The van der Waals surface area contributed by atoms with Gasteiger partial charge in [0.05, 0.1) is 12.8 Å². The van der Waals surface area contributed by atoms with Crippen LogP contribution in [-0.4, -0.2) is 38.2 Å². The normalized spacial score (nSPS) is 18.4. The fourth-order valence-corrected chi connectivity index (χ4v) is 2.14. The summed E-state index contributed by atoms with van der Waals surface area (Å²) >= 11 is 0. The zero-order valence-electron chi connectivity index (χ0n) is 10.1. The minimum Gasteiger partial charge on any atom is -0.495 e. The molecule has 0 unspecified atom stereocenters. The first kappa shape index (κ1) is 11.3. The molecule has 0 aromatic heterocycles. The molecule has 0 radical (unpaired) electrons. The number of piperidine rings is 1. The van der Waals surface area contributed by atoms with Gasteiger partial charge in [0, 0.05) is 6.04 Å². The van der Waals surface area contributed by atoms with Gasteiger partial charge in [0.2, 0.25) is 0 Å². The number of rotatable bonds is 3. The predicted molar refractivity (Wildman–Crippen MR) is 67.1 cm³/mol. The van der Waals surface area contributed by atoms with Crippen molar-refractivity contribution >= 4 is 5.69 Å². The van der Waals surface area contributed by atoms with Gasteiger partial charge in [-0.15, -0.1) is 0 Å². The van der Waals surface area contributed by atoms with E-state index >= 15 is 0 Å². The molecule has 2 rings (SSSR count). The molecular weight excluding hydrogens is 200 g/mol. The van der Waals surface area contributed by atoms with Crippen LogP contribution in [0.25, 0.3) is 0 Å². The van der Waals surface area contributed by atoms with E-state index in [1.54, 1.807) is 7.11 Å². The van der Waals surface area contributed by atoms with Crippen molar-refractivity contribution in [3.8, 4) is 5.75 Å². The zero-order chi connectivity index (χ0) is 11.4. The standard InChI is InChI=1S/C13H20N2O/c1-15-9-7-11(8-10-15)14-12-5-3-4-6-13(12)16-2/h3-6,11,14H,7-10H2,1-2H3. The van der Waals surface area contributed by atoms with Gasteiger partial charge >= 0.3 is 0 Å². The lowest BCUT2D eigenvalue weighted by Crippen LogP contribution is -2.36. The first-order valence-electron chi connectivity index (χ1n) is 5.87. The summed E-state index contributed by atoms with van der Waals surface area (Å²) in [6.07, 6.45) is 2.41. The molecule has 3 heteroatoms. The van der Waals surface area contributed by atoms with Crippen molar-refractivity contribution in [1.29, 1.82) is 0 Å². The van der Waals surface area contributed by atoms with E-state index < -0.39 is 0 Å². The number of anilines is 1. The molecular formula is C13H20N2O. The molecule has 0 aliphatic carbocycles. The molecule has 88 valence electrons. The molecule has 0 saturated carbocycles. The summed E-state index contributed by atoms with van der Waals surface area (Å²) in [5.74, 6) is 0.932. The number of hydrogen-bond acceptors (Lipinski definition) is 3. The van der Waals surface area contributed by atoms with Crippen LogP contribution < -0.4 is 10.1 Å². The maximum absolute atomic E-state index is 5.34. The Kier molecular flexibility index (Phi) is 3.67. The highest BCUT2D eigenvalue weighted by Crippen LogP contribution is 2.25. The lowest BCUT2D eigenvalue weighted by atomic mass is 10.1. The van der Waals surface area contributed by atoms with Crippen LogP contribution in [0.4, 0.5) is 5.69 Å². The highest BCUT2D eigenvalue weighted by molar-refractivity contribution is 5.56. The lowest BCUT2D eigenvalue weighted by Gasteiger charge is -2.30. The van der Waals surface area contributed by atoms with E-state index in [0.29, 0.717) is 6.04 Å². The van der Waals surface area contributed by atoms with Crippen LogP contribution in [0.5, 0.6) is 5.75 Å². The van der Waals surface area contributed by atoms with Crippen molar-refractivity contribution in [2.45, 2.75) is 18.9 Å². The Morgan fingerprint density at radius 2 is 1.94 bits per heavy atom. The van der Waals surface area contributed by atoms with Crippen LogP contribution in [0.1, 0.15) is 12.8 Å². The first-order valence-corrected chi connectivity index (χ1v) is 5.87. The van der Waals surface area contributed by atoms with Crippen LogP contribution >= 0.6 is 0 Å². The molecule has 3 nitrogen and oxygen atoms in total. The Hall–Kier alpha value is -1.22. The summed E-state index contributed by atoms with van der Waals surface area (Å²) < 4.78 is 5.34. The van der Waals surface area contributed by atoms with Gasteiger partial charge in [0.15, 0.2) is 0 Å². The molecule has 0 bridgehead atoms. The van der Waals surface area contributed by atoms with Crippen molar-refractivity contribution in [2.24, 2.45) is 0 Å². The minimum atomic E-state index is 0.576. The number of ether oxygens (including phenoxy) is 1. The summed E-state index contributed by atoms with van der Waals surface area (Å²) in [6.45, 7) is 2.35. The van der Waals surface area contributed by atoms with Crippen molar-refractivity contribution in [2.75, 3.05) is 32.6 Å². The minimum absolute atomic E-state index is 0.576. The van der Waals surface area contributed by atoms with Gasteiger partial charge in [-0.2, -0.15) is 0 Å². The van der Waals surface area contributed by atoms with Gasteiger partial charge in [0.25, 0.3) is 0 Å². The Morgan fingerprint density at radius 3 is 2.62 bits per heavy atom. The summed E-state index contributed by atoms with van der Waals surface area (Å²) in [5.41, 5.74) is 1.11. The van der Waals surface area contributed by atoms with Gasteiger partial charge in [-0.05, 0) is 45.1 Å². The molecule has 1 aromatic rings. The van der Waals surface area contributed by atoms with Crippen LogP contribution in [0.3, 0.4) is 0 Å². The van der Waals surface area contributed by atoms with E-state index in [1.165, 1.54) is 25.9 Å². The average molecular weight is 220 g/mol. The van der Waals surface area contributed by atoms with E-state index in [1.807, 2.05) is 18.2 Å². The molecule has 1 heterocycles. The number of para-hydroxylation sites is 2. The van der Waals surface area contributed by atoms with Gasteiger partial charge in [-0.1, -0.05) is 12.1 Å². The Bertz CT molecular complexity index is 332. The quantitative estimate of drug-likeness (QED) is 0.845. The van der Waals surface area contributed by atoms with Gasteiger partial charge < -0.3 is 15.0 Å². The molecule has 1 aromatic carbocycles. The Morgan fingerprint density at radius 1 is 1.25 bits per heavy atom. The van der Waals surface area contributed by atoms with Gasteiger partial charge in [-0.25, -0.2) is 0 Å². The molecule has 1 N–H and O–H groups in total. The van der Waals surface area contributed by atoms with E-state index in [4.69, 9.17) is 4.74 Å². The second-order valence-corrected chi connectivity index (χ2v) is 4.42. The third kappa shape index (κ3) is 2.67. The van der Waals surface area contributed by atoms with Gasteiger partial charge in [0.1, 0.15) is 5.75 Å². The zero-order valence-corrected chi connectivity index (χ0v) is 10.1. The maximum atomic E-state index is 5.34. The van der Waals surface area contributed by atoms with Gasteiger partial charge in [-0.3, -0.25) is 0 Å². The fourth-order valence-electron chi connectivity index (χ4n) is 2.14. The van der Waals surface area contributed by atoms with E-state index in [9.17, 15) is 0 Å². The molecule has 0 atom stereocenters. The molecule has 0 spiro atoms. The summed E-state index contributed by atoms with van der Waals surface area (Å²) in [5, 5.41) is 3.57. The van der Waals surface area contributed by atoms with Crippen molar-refractivity contribution < 1.29 is 4.74 Å². The van der Waals surface area contributed by atoms with Crippen LogP contribution in [-0.2, 0) is 0 Å². The third-order valence-corrected chi connectivity index (χ3v) is 3.19. The summed E-state index contributed by atoms with van der Waals surface area (Å²) in [7, 11) is 3.90. The second-order valence-electron chi connectivity index (χ2n) is 4.42. The largest absolute Gasteiger partial charge is 0.495 e. The average Bonchev–Trinajstić information content (AvgIpc) is 2.33. The van der Waals surface area contributed by atoms with E-state index in [2.05, 4.69) is 23.3 Å². The summed E-state index contributed by atoms with van der Waals surface area (Å²) in [6, 6.07) is 8.69. The number of methoxy groups -OCH3 is 1. The van der Waals surface area contributed by atoms with Crippen molar-refractivity contribution in [3.63, 3.8) is 0 Å². The smallest absolute Gasteiger partial charge is 0.141 e. The predicted octanol–water partition coefficient (Wildman–Crippen LogP) is 2.20. The maximum Gasteiger partial charge on any atom is 0.141 e. The number of benzene rings is 1. The monoisotopic (exact) mass is 220 g/mol. The van der Waals surface area contributed by atoms with Crippen LogP contribution in [0.2, 0.25) is 0 Å². The first-order chi connectivity index (χ1) is 7.79. The van der Waals surface area contributed by atoms with Crippen LogP contribution in [0, 0.1) is 0 Å². The number of likely N-dealkylation sites (tertiary alicyclic amines) is 1. The topological polar surface area (TPSA) is 24.5 Å². The number of nitrogens with one attached hydrogen (secondary N) is 1. The summed E-state index contributed by atoms with van der Waals surface area (Å²) in [4.78, 5) is 2.38. The number of hydrogen-bond donors (Lipinski definition) is 1. The van der Waals surface area contributed by atoms with Crippen LogP contribution in [0.15, 0.2) is 24.3 Å². The molecule has 1 aliphatic rings. The fraction of sp³-hybridized carbons (Fsp3) is 0.538. The van der Waals surface area contributed by atoms with E-state index in [-0.39, 0.29) is 0 Å². The lowest BCUT2D eigenvalue weighted by molar-refractivity contribution is 0.263. The highest BCUT2D eigenvalue weighted by Gasteiger charge is 2.17. The highest BCUT2D eigenvalue weighted by atomic mass is 16.5. The third-order valence-electron chi connectivity index (χ3n) is 3.19. The molecule has 0 amide bonds. The number of nitrogens with zero attached hydrogens (tertiary/aromatic N) is 1. The second kappa shape index (κ2) is 5.21. The SMILES string of the molecule is COc1ccccc1NC1CCN(C)CC1.